The summed E-state index contributed by atoms with van der Waals surface area (Å²) < 4.78 is 0. The Balaban J connectivity index is 2.19. The van der Waals surface area contributed by atoms with E-state index < -0.39 is 0 Å². The number of aromatic nitrogens is 1. The van der Waals surface area contributed by atoms with E-state index in [4.69, 9.17) is 0 Å². The molecule has 1 heterocycles. The maximum absolute atomic E-state index is 12.2. The number of hydrogen-bond acceptors (Lipinski definition) is 3. The molecule has 110 valence electrons. The maximum atomic E-state index is 12.2. The average Bonchev–Trinajstić information content (AvgIpc) is 2.40. The summed E-state index contributed by atoms with van der Waals surface area (Å²) in [5.74, 6) is -0.206. The van der Waals surface area contributed by atoms with Gasteiger partial charge in [0.2, 0.25) is 0 Å². The van der Waals surface area contributed by atoms with Crippen molar-refractivity contribution < 1.29 is 4.79 Å². The molecule has 1 aromatic heterocycles. The van der Waals surface area contributed by atoms with Crippen molar-refractivity contribution >= 4 is 18.5 Å². The monoisotopic (exact) mass is 302 g/mol. The molecule has 4 nitrogen and oxygen atoms in total. The number of H-pyrrole nitrogens is 1. The number of benzene rings is 1. The molecular formula is C16H18N2O2S. The van der Waals surface area contributed by atoms with E-state index in [9.17, 15) is 9.59 Å². The molecule has 0 saturated heterocycles. The minimum absolute atomic E-state index is 0.160. The standard InChI is InChI=1S/C16H18N2O2S/c1-9-7-10(2)18-16(20)13(9)8-17-15(19)12-5-4-6-14(21)11(12)3/h4-7,21H,8H2,1-3H3,(H,17,19)(H,18,20). The van der Waals surface area contributed by atoms with Crippen molar-refractivity contribution in [2.45, 2.75) is 32.2 Å². The predicted octanol–water partition coefficient (Wildman–Crippen LogP) is 2.52. The number of carbonyl (C=O) groups excluding carboxylic acids is 1. The van der Waals surface area contributed by atoms with E-state index >= 15 is 0 Å². The van der Waals surface area contributed by atoms with Crippen LogP contribution >= 0.6 is 12.6 Å². The summed E-state index contributed by atoms with van der Waals surface area (Å²) in [5.41, 5.74) is 3.50. The van der Waals surface area contributed by atoms with Crippen molar-refractivity contribution in [2.24, 2.45) is 0 Å². The Morgan fingerprint density at radius 1 is 1.29 bits per heavy atom. The zero-order chi connectivity index (χ0) is 15.6. The van der Waals surface area contributed by atoms with E-state index in [-0.39, 0.29) is 18.0 Å². The molecule has 0 aliphatic carbocycles. The van der Waals surface area contributed by atoms with Crippen LogP contribution in [0.1, 0.15) is 32.7 Å². The Morgan fingerprint density at radius 2 is 2.00 bits per heavy atom. The van der Waals surface area contributed by atoms with Crippen molar-refractivity contribution in [3.05, 3.63) is 62.6 Å². The molecule has 1 aromatic carbocycles. The van der Waals surface area contributed by atoms with E-state index in [1.165, 1.54) is 0 Å². The van der Waals surface area contributed by atoms with Crippen LogP contribution in [0.25, 0.3) is 0 Å². The normalized spacial score (nSPS) is 10.5. The fourth-order valence-electron chi connectivity index (χ4n) is 2.23. The van der Waals surface area contributed by atoms with Gasteiger partial charge in [0, 0.05) is 28.3 Å². The van der Waals surface area contributed by atoms with E-state index in [2.05, 4.69) is 22.9 Å². The minimum atomic E-state index is -0.206. The van der Waals surface area contributed by atoms with Gasteiger partial charge in [-0.15, -0.1) is 12.6 Å². The topological polar surface area (TPSA) is 62.0 Å². The van der Waals surface area contributed by atoms with E-state index in [0.29, 0.717) is 11.1 Å². The Hall–Kier alpha value is -2.01. The Bertz CT molecular complexity index is 750. The third-order valence-electron chi connectivity index (χ3n) is 3.47. The van der Waals surface area contributed by atoms with Crippen LogP contribution in [0.2, 0.25) is 0 Å². The second kappa shape index (κ2) is 6.18. The Kier molecular flexibility index (Phi) is 4.53. The lowest BCUT2D eigenvalue weighted by Gasteiger charge is -2.10. The summed E-state index contributed by atoms with van der Waals surface area (Å²) in [6.07, 6.45) is 0. The fourth-order valence-corrected chi connectivity index (χ4v) is 2.44. The molecule has 0 atom stereocenters. The number of thiol groups is 1. The van der Waals surface area contributed by atoms with Crippen molar-refractivity contribution in [3.63, 3.8) is 0 Å². The summed E-state index contributed by atoms with van der Waals surface area (Å²) in [5, 5.41) is 2.79. The van der Waals surface area contributed by atoms with Gasteiger partial charge in [-0.1, -0.05) is 6.07 Å². The smallest absolute Gasteiger partial charge is 0.253 e. The molecule has 0 aliphatic rings. The van der Waals surface area contributed by atoms with Crippen molar-refractivity contribution in [2.75, 3.05) is 0 Å². The number of aryl methyl sites for hydroxylation is 2. The largest absolute Gasteiger partial charge is 0.348 e. The highest BCUT2D eigenvalue weighted by atomic mass is 32.1. The number of amides is 1. The van der Waals surface area contributed by atoms with Crippen LogP contribution in [0, 0.1) is 20.8 Å². The number of hydrogen-bond donors (Lipinski definition) is 3. The summed E-state index contributed by atoms with van der Waals surface area (Å²) in [6, 6.07) is 7.26. The van der Waals surface area contributed by atoms with Gasteiger partial charge in [0.05, 0.1) is 0 Å². The van der Waals surface area contributed by atoms with Gasteiger partial charge in [-0.2, -0.15) is 0 Å². The Morgan fingerprint density at radius 3 is 2.67 bits per heavy atom. The zero-order valence-electron chi connectivity index (χ0n) is 12.3. The van der Waals surface area contributed by atoms with Gasteiger partial charge in [-0.3, -0.25) is 9.59 Å². The molecule has 0 aliphatic heterocycles. The average molecular weight is 302 g/mol. The molecule has 0 fully saturated rings. The molecule has 2 N–H and O–H groups in total. The van der Waals surface area contributed by atoms with Crippen molar-refractivity contribution in [3.8, 4) is 0 Å². The predicted molar refractivity (Wildman–Crippen MR) is 86.1 cm³/mol. The third-order valence-corrected chi connectivity index (χ3v) is 3.95. The zero-order valence-corrected chi connectivity index (χ0v) is 13.2. The van der Waals surface area contributed by atoms with Crippen LogP contribution < -0.4 is 10.9 Å². The molecule has 0 unspecified atom stereocenters. The van der Waals surface area contributed by atoms with Gasteiger partial charge in [0.1, 0.15) is 0 Å². The summed E-state index contributed by atoms with van der Waals surface area (Å²) in [4.78, 5) is 27.7. The van der Waals surface area contributed by atoms with Gasteiger partial charge >= 0.3 is 0 Å². The minimum Gasteiger partial charge on any atom is -0.348 e. The van der Waals surface area contributed by atoms with Gasteiger partial charge < -0.3 is 10.3 Å². The molecule has 1 amide bonds. The lowest BCUT2D eigenvalue weighted by Crippen LogP contribution is -2.28. The summed E-state index contributed by atoms with van der Waals surface area (Å²) in [7, 11) is 0. The lowest BCUT2D eigenvalue weighted by molar-refractivity contribution is 0.0950. The quantitative estimate of drug-likeness (QED) is 0.763. The van der Waals surface area contributed by atoms with Crippen LogP contribution in [-0.2, 0) is 6.54 Å². The summed E-state index contributed by atoms with van der Waals surface area (Å²) in [6.45, 7) is 5.75. The third kappa shape index (κ3) is 3.36. The highest BCUT2D eigenvalue weighted by Crippen LogP contribution is 2.17. The Labute approximate surface area is 129 Å². The number of nitrogens with one attached hydrogen (secondary N) is 2. The van der Waals surface area contributed by atoms with Gasteiger partial charge in [-0.05, 0) is 50.1 Å². The lowest BCUT2D eigenvalue weighted by atomic mass is 10.1. The molecule has 0 radical (unpaired) electrons. The molecule has 21 heavy (non-hydrogen) atoms. The first-order valence-electron chi connectivity index (χ1n) is 6.66. The number of rotatable bonds is 3. The van der Waals surface area contributed by atoms with Crippen molar-refractivity contribution in [1.29, 1.82) is 0 Å². The van der Waals surface area contributed by atoms with Crippen LogP contribution in [0.3, 0.4) is 0 Å². The van der Waals surface area contributed by atoms with Gasteiger partial charge in [0.25, 0.3) is 11.5 Å². The molecule has 0 saturated carbocycles. The van der Waals surface area contributed by atoms with Crippen LogP contribution in [-0.4, -0.2) is 10.9 Å². The van der Waals surface area contributed by atoms with Crippen LogP contribution in [0.4, 0.5) is 0 Å². The molecule has 2 rings (SSSR count). The van der Waals surface area contributed by atoms with Crippen molar-refractivity contribution in [1.82, 2.24) is 10.3 Å². The molecule has 0 bridgehead atoms. The first-order valence-corrected chi connectivity index (χ1v) is 7.11. The van der Waals surface area contributed by atoms with Gasteiger partial charge in [-0.25, -0.2) is 0 Å². The first-order chi connectivity index (χ1) is 9.90. The fraction of sp³-hybridized carbons (Fsp3) is 0.250. The number of aromatic amines is 1. The molecule has 5 heteroatoms. The highest BCUT2D eigenvalue weighted by molar-refractivity contribution is 7.80. The highest BCUT2D eigenvalue weighted by Gasteiger charge is 2.12. The van der Waals surface area contributed by atoms with E-state index in [1.54, 1.807) is 12.1 Å². The van der Waals surface area contributed by atoms with E-state index in [0.717, 1.165) is 21.7 Å². The number of carbonyl (C=O) groups is 1. The summed E-state index contributed by atoms with van der Waals surface area (Å²) >= 11 is 4.31. The maximum Gasteiger partial charge on any atom is 0.253 e. The van der Waals surface area contributed by atoms with Crippen LogP contribution in [0.5, 0.6) is 0 Å². The number of pyridine rings is 1. The van der Waals surface area contributed by atoms with E-state index in [1.807, 2.05) is 32.9 Å². The molecule has 0 spiro atoms. The second-order valence-electron chi connectivity index (χ2n) is 5.08. The second-order valence-corrected chi connectivity index (χ2v) is 5.56. The molecular weight excluding hydrogens is 284 g/mol. The van der Waals surface area contributed by atoms with Crippen LogP contribution in [0.15, 0.2) is 34.0 Å². The SMILES string of the molecule is Cc1cc(C)c(CNC(=O)c2cccc(S)c2C)c(=O)[nH]1. The molecule has 2 aromatic rings. The first kappa shape index (κ1) is 15.4. The van der Waals surface area contributed by atoms with Gasteiger partial charge in [0.15, 0.2) is 0 Å².